The van der Waals surface area contributed by atoms with Crippen LogP contribution in [-0.4, -0.2) is 16.8 Å². The molecule has 0 spiro atoms. The van der Waals surface area contributed by atoms with E-state index < -0.39 is 11.8 Å². The van der Waals surface area contributed by atoms with Crippen LogP contribution in [0.15, 0.2) is 29.8 Å². The minimum Gasteiger partial charge on any atom is -0.301 e. The van der Waals surface area contributed by atoms with Crippen LogP contribution in [0.4, 0.5) is 13.9 Å². The second-order valence-corrected chi connectivity index (χ2v) is 7.98. The van der Waals surface area contributed by atoms with E-state index in [0.717, 1.165) is 0 Å². The second kappa shape index (κ2) is 7.56. The van der Waals surface area contributed by atoms with Gasteiger partial charge in [0.05, 0.1) is 5.92 Å². The molecule has 0 bridgehead atoms. The number of hydrogen-bond acceptors (Lipinski definition) is 3. The third-order valence-corrected chi connectivity index (χ3v) is 5.64. The van der Waals surface area contributed by atoms with Crippen molar-refractivity contribution < 1.29 is 13.6 Å². The van der Waals surface area contributed by atoms with Gasteiger partial charge in [0.25, 0.3) is 0 Å². The van der Waals surface area contributed by atoms with Crippen LogP contribution in [-0.2, 0) is 4.79 Å². The third kappa shape index (κ3) is 4.68. The minimum absolute atomic E-state index is 0.132. The Labute approximate surface area is 158 Å². The molecule has 3 nitrogen and oxygen atoms in total. The lowest BCUT2D eigenvalue weighted by Gasteiger charge is -2.21. The fourth-order valence-corrected chi connectivity index (χ4v) is 4.29. The molecule has 25 heavy (non-hydrogen) atoms. The average molecular weight is 405 g/mol. The molecule has 3 rings (SSSR count). The summed E-state index contributed by atoms with van der Waals surface area (Å²) in [6, 6.07) is 4.89. The molecule has 2 unspecified atom stereocenters. The van der Waals surface area contributed by atoms with E-state index in [4.69, 9.17) is 23.2 Å². The number of nitrogens with zero attached hydrogens (tertiary/aromatic N) is 1. The lowest BCUT2D eigenvalue weighted by Crippen LogP contribution is -2.24. The fraction of sp³-hybridized carbons (Fsp3) is 0.412. The highest BCUT2D eigenvalue weighted by molar-refractivity contribution is 7.13. The molecule has 0 aliphatic heterocycles. The Bertz CT molecular complexity index is 755. The molecule has 8 heteroatoms. The van der Waals surface area contributed by atoms with Crippen LogP contribution >= 0.6 is 34.5 Å². The van der Waals surface area contributed by atoms with Gasteiger partial charge in [0.1, 0.15) is 0 Å². The van der Waals surface area contributed by atoms with Gasteiger partial charge in [-0.3, -0.25) is 4.79 Å². The molecule has 134 valence electrons. The van der Waals surface area contributed by atoms with Crippen molar-refractivity contribution in [2.75, 3.05) is 5.32 Å². The summed E-state index contributed by atoms with van der Waals surface area (Å²) < 4.78 is 27.1. The van der Waals surface area contributed by atoms with Crippen LogP contribution < -0.4 is 5.32 Å². The van der Waals surface area contributed by atoms with Crippen molar-refractivity contribution in [1.82, 2.24) is 4.98 Å². The highest BCUT2D eigenvalue weighted by atomic mass is 35.5. The topological polar surface area (TPSA) is 42.0 Å². The van der Waals surface area contributed by atoms with Crippen molar-refractivity contribution >= 4 is 45.6 Å². The van der Waals surface area contributed by atoms with E-state index in [9.17, 15) is 13.6 Å². The summed E-state index contributed by atoms with van der Waals surface area (Å²) in [4.78, 5) is 16.8. The maximum absolute atomic E-state index is 13.5. The molecule has 2 atom stereocenters. The quantitative estimate of drug-likeness (QED) is 0.663. The summed E-state index contributed by atoms with van der Waals surface area (Å²) in [5, 5.41) is 5.78. The van der Waals surface area contributed by atoms with Gasteiger partial charge < -0.3 is 5.32 Å². The number of anilines is 1. The Morgan fingerprint density at radius 2 is 2.24 bits per heavy atom. The molecule has 0 radical (unpaired) electrons. The summed E-state index contributed by atoms with van der Waals surface area (Å²) in [5.74, 6) is -3.80. The largest absolute Gasteiger partial charge is 0.301 e. The van der Waals surface area contributed by atoms with Crippen LogP contribution in [0.5, 0.6) is 0 Å². The average Bonchev–Trinajstić information content (AvgIpc) is 3.15. The molecule has 1 fully saturated rings. The van der Waals surface area contributed by atoms with Gasteiger partial charge in [-0.2, -0.15) is 0 Å². The predicted molar refractivity (Wildman–Crippen MR) is 96.9 cm³/mol. The standard InChI is InChI=1S/C17H16Cl2F2N2OS/c18-11-1-2-12(14(19)8-11)13(7-10-3-4-17(20,21)9-10)15(24)23-16-22-5-6-25-16/h1-2,5-6,8,10,13H,3-4,7,9H2,(H,22,23,24). The number of halogens is 4. The highest BCUT2D eigenvalue weighted by Crippen LogP contribution is 2.44. The van der Waals surface area contributed by atoms with Gasteiger partial charge >= 0.3 is 0 Å². The first kappa shape index (κ1) is 18.5. The van der Waals surface area contributed by atoms with E-state index >= 15 is 0 Å². The lowest BCUT2D eigenvalue weighted by molar-refractivity contribution is -0.118. The Balaban J connectivity index is 1.83. The Kier molecular flexibility index (Phi) is 5.61. The SMILES string of the molecule is O=C(Nc1nccs1)C(CC1CCC(F)(F)C1)c1ccc(Cl)cc1Cl. The van der Waals surface area contributed by atoms with Crippen molar-refractivity contribution in [3.05, 3.63) is 45.4 Å². The summed E-state index contributed by atoms with van der Waals surface area (Å²) in [7, 11) is 0. The van der Waals surface area contributed by atoms with Crippen LogP contribution in [0.25, 0.3) is 0 Å². The molecule has 0 saturated heterocycles. The lowest BCUT2D eigenvalue weighted by atomic mass is 9.87. The maximum atomic E-state index is 13.5. The third-order valence-electron chi connectivity index (χ3n) is 4.39. The van der Waals surface area contributed by atoms with Crippen molar-refractivity contribution in [1.29, 1.82) is 0 Å². The van der Waals surface area contributed by atoms with Crippen LogP contribution in [0, 0.1) is 5.92 Å². The monoisotopic (exact) mass is 404 g/mol. The number of thiazole rings is 1. The van der Waals surface area contributed by atoms with Gasteiger partial charge in [-0.05, 0) is 36.5 Å². The maximum Gasteiger partial charge on any atom is 0.248 e. The van der Waals surface area contributed by atoms with E-state index in [1.54, 1.807) is 29.8 Å². The molecule has 1 saturated carbocycles. The number of carbonyl (C=O) groups is 1. The fourth-order valence-electron chi connectivity index (χ4n) is 3.21. The smallest absolute Gasteiger partial charge is 0.248 e. The van der Waals surface area contributed by atoms with Gasteiger partial charge in [-0.15, -0.1) is 11.3 Å². The van der Waals surface area contributed by atoms with E-state index in [1.807, 2.05) is 0 Å². The molecule has 1 aliphatic carbocycles. The van der Waals surface area contributed by atoms with Crippen molar-refractivity contribution in [3.8, 4) is 0 Å². The van der Waals surface area contributed by atoms with Gasteiger partial charge in [-0.1, -0.05) is 29.3 Å². The van der Waals surface area contributed by atoms with Crippen LogP contribution in [0.1, 0.15) is 37.2 Å². The molecular weight excluding hydrogens is 389 g/mol. The van der Waals surface area contributed by atoms with Gasteiger partial charge in [0, 0.05) is 34.5 Å². The zero-order valence-corrected chi connectivity index (χ0v) is 15.5. The number of rotatable bonds is 5. The van der Waals surface area contributed by atoms with E-state index in [-0.39, 0.29) is 24.7 Å². The summed E-state index contributed by atoms with van der Waals surface area (Å²) in [6.07, 6.45) is 1.97. The zero-order valence-electron chi connectivity index (χ0n) is 13.1. The van der Waals surface area contributed by atoms with Crippen molar-refractivity contribution in [3.63, 3.8) is 0 Å². The first-order valence-corrected chi connectivity index (χ1v) is 9.51. The molecule has 1 N–H and O–H groups in total. The van der Waals surface area contributed by atoms with Crippen LogP contribution in [0.3, 0.4) is 0 Å². The Morgan fingerprint density at radius 1 is 1.44 bits per heavy atom. The number of alkyl halides is 2. The minimum atomic E-state index is -2.65. The van der Waals surface area contributed by atoms with Crippen LogP contribution in [0.2, 0.25) is 10.0 Å². The zero-order chi connectivity index (χ0) is 18.0. The molecule has 1 aromatic carbocycles. The van der Waals surface area contributed by atoms with Crippen molar-refractivity contribution in [2.45, 2.75) is 37.5 Å². The van der Waals surface area contributed by atoms with E-state index in [1.165, 1.54) is 11.3 Å². The van der Waals surface area contributed by atoms with E-state index in [0.29, 0.717) is 33.6 Å². The molecule has 1 heterocycles. The molecular formula is C17H16Cl2F2N2OS. The first-order valence-electron chi connectivity index (χ1n) is 7.87. The van der Waals surface area contributed by atoms with Gasteiger partial charge in [-0.25, -0.2) is 13.8 Å². The molecule has 1 aromatic heterocycles. The molecule has 2 aromatic rings. The summed E-state index contributed by atoms with van der Waals surface area (Å²) in [6.45, 7) is 0. The second-order valence-electron chi connectivity index (χ2n) is 6.25. The number of benzene rings is 1. The van der Waals surface area contributed by atoms with E-state index in [2.05, 4.69) is 10.3 Å². The summed E-state index contributed by atoms with van der Waals surface area (Å²) >= 11 is 13.5. The van der Waals surface area contributed by atoms with Crippen molar-refractivity contribution in [2.24, 2.45) is 5.92 Å². The number of aromatic nitrogens is 1. The number of carbonyl (C=O) groups excluding carboxylic acids is 1. The Morgan fingerprint density at radius 3 is 2.84 bits per heavy atom. The first-order chi connectivity index (χ1) is 11.8. The highest BCUT2D eigenvalue weighted by Gasteiger charge is 2.41. The molecule has 1 aliphatic rings. The number of amides is 1. The number of hydrogen-bond donors (Lipinski definition) is 1. The van der Waals surface area contributed by atoms with Gasteiger partial charge in [0.15, 0.2) is 5.13 Å². The summed E-state index contributed by atoms with van der Waals surface area (Å²) in [5.41, 5.74) is 0.593. The van der Waals surface area contributed by atoms with Gasteiger partial charge in [0.2, 0.25) is 11.8 Å². The Hall–Kier alpha value is -1.24. The predicted octanol–water partition coefficient (Wildman–Crippen LogP) is 6.00. The number of nitrogens with one attached hydrogen (secondary N) is 1. The molecule has 1 amide bonds. The normalized spacial score (nSPS) is 20.4.